The Labute approximate surface area is 154 Å². The zero-order valence-corrected chi connectivity index (χ0v) is 15.2. The van der Waals surface area contributed by atoms with Crippen molar-refractivity contribution in [1.29, 1.82) is 0 Å². The maximum atomic E-state index is 12.8. The highest BCUT2D eigenvalue weighted by molar-refractivity contribution is 5.93. The molecule has 2 saturated carbocycles. The van der Waals surface area contributed by atoms with Crippen molar-refractivity contribution in [3.63, 3.8) is 0 Å². The van der Waals surface area contributed by atoms with E-state index in [-0.39, 0.29) is 17.9 Å². The fraction of sp³-hybridized carbons (Fsp3) is 0.429. The van der Waals surface area contributed by atoms with Crippen LogP contribution >= 0.6 is 0 Å². The number of pyridine rings is 1. The average molecular weight is 351 g/mol. The maximum Gasteiger partial charge on any atom is 0.229 e. The Balaban J connectivity index is 1.50. The molecule has 26 heavy (non-hydrogen) atoms. The van der Waals surface area contributed by atoms with Crippen LogP contribution in [-0.2, 0) is 4.79 Å². The third-order valence-corrected chi connectivity index (χ3v) is 5.84. The number of amides is 1. The van der Waals surface area contributed by atoms with Crippen LogP contribution in [0.4, 0.5) is 5.69 Å². The number of hydrogen-bond donors (Lipinski definition) is 2. The minimum atomic E-state index is -0.0714. The van der Waals surface area contributed by atoms with Crippen LogP contribution in [0.5, 0.6) is 11.6 Å². The first-order chi connectivity index (χ1) is 12.5. The highest BCUT2D eigenvalue weighted by atomic mass is 16.5. The van der Waals surface area contributed by atoms with E-state index in [0.717, 1.165) is 29.7 Å². The second-order valence-corrected chi connectivity index (χ2v) is 7.68. The van der Waals surface area contributed by atoms with E-state index in [0.29, 0.717) is 23.5 Å². The van der Waals surface area contributed by atoms with Crippen molar-refractivity contribution in [2.45, 2.75) is 39.2 Å². The van der Waals surface area contributed by atoms with Gasteiger partial charge in [-0.2, -0.15) is 0 Å². The molecule has 0 radical (unpaired) electrons. The van der Waals surface area contributed by atoms with Crippen LogP contribution in [0.1, 0.15) is 30.4 Å². The minimum Gasteiger partial charge on any atom is -0.439 e. The van der Waals surface area contributed by atoms with Crippen molar-refractivity contribution < 1.29 is 9.53 Å². The van der Waals surface area contributed by atoms with Crippen molar-refractivity contribution in [3.8, 4) is 11.6 Å². The molecule has 2 aromatic rings. The molecule has 1 amide bonds. The first kappa shape index (κ1) is 17.0. The van der Waals surface area contributed by atoms with E-state index in [1.807, 2.05) is 44.2 Å². The van der Waals surface area contributed by atoms with Gasteiger partial charge in [0, 0.05) is 30.1 Å². The Morgan fingerprint density at radius 1 is 1.19 bits per heavy atom. The second kappa shape index (κ2) is 6.72. The molecular weight excluding hydrogens is 326 g/mol. The number of nitrogens with one attached hydrogen (secondary N) is 1. The smallest absolute Gasteiger partial charge is 0.229 e. The zero-order chi connectivity index (χ0) is 18.3. The average Bonchev–Trinajstić information content (AvgIpc) is 3.19. The van der Waals surface area contributed by atoms with Crippen molar-refractivity contribution in [1.82, 2.24) is 4.98 Å². The van der Waals surface area contributed by atoms with Gasteiger partial charge in [0.2, 0.25) is 11.8 Å². The molecule has 1 aromatic carbocycles. The zero-order valence-electron chi connectivity index (χ0n) is 15.2. The van der Waals surface area contributed by atoms with Gasteiger partial charge in [0.1, 0.15) is 5.75 Å². The summed E-state index contributed by atoms with van der Waals surface area (Å²) in [5.41, 5.74) is 9.10. The van der Waals surface area contributed by atoms with Crippen LogP contribution in [0, 0.1) is 31.6 Å². The fourth-order valence-electron chi connectivity index (χ4n) is 4.42. The van der Waals surface area contributed by atoms with Gasteiger partial charge in [0.05, 0.1) is 5.92 Å². The lowest BCUT2D eigenvalue weighted by Gasteiger charge is -2.27. The number of hydrogen-bond acceptors (Lipinski definition) is 4. The molecule has 4 rings (SSSR count). The second-order valence-electron chi connectivity index (χ2n) is 7.68. The number of benzene rings is 1. The predicted octanol–water partition coefficient (Wildman–Crippen LogP) is 3.80. The van der Waals surface area contributed by atoms with Gasteiger partial charge in [-0.1, -0.05) is 6.07 Å². The summed E-state index contributed by atoms with van der Waals surface area (Å²) in [7, 11) is 0. The quantitative estimate of drug-likeness (QED) is 0.878. The number of ether oxygens (including phenoxy) is 1. The van der Waals surface area contributed by atoms with Crippen molar-refractivity contribution >= 4 is 11.6 Å². The van der Waals surface area contributed by atoms with Crippen molar-refractivity contribution in [3.05, 3.63) is 47.7 Å². The van der Waals surface area contributed by atoms with Crippen LogP contribution in [-0.4, -0.2) is 16.9 Å². The molecule has 2 bridgehead atoms. The van der Waals surface area contributed by atoms with Gasteiger partial charge in [-0.15, -0.1) is 0 Å². The number of rotatable bonds is 4. The fourth-order valence-corrected chi connectivity index (χ4v) is 4.42. The van der Waals surface area contributed by atoms with Crippen LogP contribution in [0.25, 0.3) is 0 Å². The summed E-state index contributed by atoms with van der Waals surface area (Å²) in [6, 6.07) is 9.51. The monoisotopic (exact) mass is 351 g/mol. The molecule has 0 saturated heterocycles. The molecule has 5 nitrogen and oxygen atoms in total. The lowest BCUT2D eigenvalue weighted by Crippen LogP contribution is -2.42. The molecule has 5 heteroatoms. The Morgan fingerprint density at radius 3 is 2.73 bits per heavy atom. The summed E-state index contributed by atoms with van der Waals surface area (Å²) < 4.78 is 5.92. The molecule has 4 unspecified atom stereocenters. The van der Waals surface area contributed by atoms with E-state index in [9.17, 15) is 4.79 Å². The molecule has 3 N–H and O–H groups in total. The summed E-state index contributed by atoms with van der Waals surface area (Å²) in [5, 5.41) is 3.04. The van der Waals surface area contributed by atoms with E-state index < -0.39 is 0 Å². The molecule has 1 aromatic heterocycles. The lowest BCUT2D eigenvalue weighted by atomic mass is 9.84. The molecule has 0 spiro atoms. The van der Waals surface area contributed by atoms with Crippen LogP contribution in [0.15, 0.2) is 36.5 Å². The number of nitrogens with two attached hydrogens (primary N) is 1. The van der Waals surface area contributed by atoms with Gasteiger partial charge in [0.25, 0.3) is 0 Å². The number of aryl methyl sites for hydroxylation is 2. The van der Waals surface area contributed by atoms with Gasteiger partial charge in [-0.25, -0.2) is 4.98 Å². The summed E-state index contributed by atoms with van der Waals surface area (Å²) >= 11 is 0. The molecule has 2 aliphatic carbocycles. The third kappa shape index (κ3) is 3.19. The Hall–Kier alpha value is -2.40. The van der Waals surface area contributed by atoms with Crippen LogP contribution in [0.3, 0.4) is 0 Å². The minimum absolute atomic E-state index is 0.00795. The van der Waals surface area contributed by atoms with Gasteiger partial charge >= 0.3 is 0 Å². The first-order valence-corrected chi connectivity index (χ1v) is 9.29. The van der Waals surface area contributed by atoms with E-state index in [2.05, 4.69) is 10.3 Å². The van der Waals surface area contributed by atoms with Gasteiger partial charge in [-0.3, -0.25) is 4.79 Å². The highest BCUT2D eigenvalue weighted by Crippen LogP contribution is 2.48. The SMILES string of the molecule is Cc1ccnc(Oc2cc(NC(=O)C3C4CCC(C4)C3N)ccc2C)c1. The molecule has 1 heterocycles. The molecule has 4 atom stereocenters. The number of aromatic nitrogens is 1. The number of fused-ring (bicyclic) bond motifs is 2. The topological polar surface area (TPSA) is 77.2 Å². The summed E-state index contributed by atoms with van der Waals surface area (Å²) in [4.78, 5) is 17.0. The van der Waals surface area contributed by atoms with Crippen molar-refractivity contribution in [2.24, 2.45) is 23.5 Å². The van der Waals surface area contributed by atoms with Crippen molar-refractivity contribution in [2.75, 3.05) is 5.32 Å². The van der Waals surface area contributed by atoms with Gasteiger partial charge in [0.15, 0.2) is 0 Å². The third-order valence-electron chi connectivity index (χ3n) is 5.84. The number of carbonyl (C=O) groups is 1. The Morgan fingerprint density at radius 2 is 2.00 bits per heavy atom. The predicted molar refractivity (Wildman–Crippen MR) is 101 cm³/mol. The largest absolute Gasteiger partial charge is 0.439 e. The highest BCUT2D eigenvalue weighted by Gasteiger charge is 2.49. The number of anilines is 1. The summed E-state index contributed by atoms with van der Waals surface area (Å²) in [6.07, 6.45) is 5.11. The van der Waals surface area contributed by atoms with E-state index in [4.69, 9.17) is 10.5 Å². The molecule has 136 valence electrons. The summed E-state index contributed by atoms with van der Waals surface area (Å²) in [5.74, 6) is 2.16. The summed E-state index contributed by atoms with van der Waals surface area (Å²) in [6.45, 7) is 3.97. The lowest BCUT2D eigenvalue weighted by molar-refractivity contribution is -0.121. The van der Waals surface area contributed by atoms with E-state index in [1.165, 1.54) is 6.42 Å². The molecule has 0 aliphatic heterocycles. The maximum absolute atomic E-state index is 12.8. The standard InChI is InChI=1S/C21H25N3O2/c1-12-7-8-23-18(9-12)26-17-11-16(6-3-13(17)2)24-21(25)19-14-4-5-15(10-14)20(19)22/h3,6-9,11,14-15,19-20H,4-5,10,22H2,1-2H3,(H,24,25). The van der Waals surface area contributed by atoms with Gasteiger partial charge < -0.3 is 15.8 Å². The molecule has 2 aliphatic rings. The van der Waals surface area contributed by atoms with Crippen LogP contribution < -0.4 is 15.8 Å². The van der Waals surface area contributed by atoms with E-state index in [1.54, 1.807) is 6.20 Å². The van der Waals surface area contributed by atoms with E-state index >= 15 is 0 Å². The number of nitrogens with zero attached hydrogens (tertiary/aromatic N) is 1. The molecular formula is C21H25N3O2. The number of carbonyl (C=O) groups excluding carboxylic acids is 1. The Bertz CT molecular complexity index is 834. The normalized spacial score (nSPS) is 26.7. The molecule has 2 fully saturated rings. The van der Waals surface area contributed by atoms with Crippen LogP contribution in [0.2, 0.25) is 0 Å². The Kier molecular flexibility index (Phi) is 4.41. The van der Waals surface area contributed by atoms with Gasteiger partial charge in [-0.05, 0) is 68.2 Å². The first-order valence-electron chi connectivity index (χ1n) is 9.29.